The number of carbonyl (C=O) groups excluding carboxylic acids is 5. The quantitative estimate of drug-likeness (QED) is 0.0228. The molecule has 14 nitrogen and oxygen atoms in total. The average molecular weight is 1320 g/mol. The predicted molar refractivity (Wildman–Crippen MR) is 322 cm³/mol. The molecule has 514 valence electrons. The summed E-state index contributed by atoms with van der Waals surface area (Å²) in [5.74, 6) is -6.58. The predicted octanol–water partition coefficient (Wildman–Crippen LogP) is 16.4. The van der Waals surface area contributed by atoms with Crippen molar-refractivity contribution < 1.29 is 106 Å². The molecule has 2 aliphatic heterocycles. The molecule has 5 rings (SSSR count). The first-order chi connectivity index (χ1) is 43.8. The topological polar surface area (TPSA) is 168 Å². The van der Waals surface area contributed by atoms with Crippen molar-refractivity contribution in [3.8, 4) is 0 Å². The smallest absolute Gasteiger partial charge is 0.432 e. The van der Waals surface area contributed by atoms with E-state index in [2.05, 4.69) is 6.92 Å². The minimum absolute atomic E-state index is 0.00848. The zero-order valence-corrected chi connectivity index (χ0v) is 53.6. The van der Waals surface area contributed by atoms with Crippen LogP contribution in [0.4, 0.5) is 39.5 Å². The monoisotopic (exact) mass is 1310 g/mol. The zero-order valence-electron chi connectivity index (χ0n) is 53.6. The van der Waals surface area contributed by atoms with Crippen LogP contribution in [-0.4, -0.2) is 112 Å². The normalized spacial score (nSPS) is 19.5. The molecule has 0 bridgehead atoms. The van der Waals surface area contributed by atoms with Crippen molar-refractivity contribution in [1.29, 1.82) is 0 Å². The van der Waals surface area contributed by atoms with Crippen molar-refractivity contribution in [2.45, 2.75) is 259 Å². The standard InChI is InChI=1S/C69H91F9O14/c1-7-8-9-10-11-12-13-17-20-32-41-56(92-63(83)66(86-6,69(76,77)78)53-37-28-23-29-38-53)57-44-45-58(91-57)59(88-49(3)79)47-55(90-62(82)65(85-5,68(73,74)75)52-35-26-22-27-36-52)40-31-19-16-14-15-18-30-39-54(43-42-50-46-48(2)87-60(50)80)89-61(81)64(84-4,67(70,71)72)51-33-24-21-25-34-51/h21-29,33-38,46,48,54-59H,7-20,30-32,39-45,47H2,1-6H3/t48-,54-,55+,56+,57-,58+,59+,64+,65+,66+/m0/s1. The number of cyclic esters (lactones) is 1. The van der Waals surface area contributed by atoms with Gasteiger partial charge in [0.05, 0.1) is 12.2 Å². The number of esters is 5. The second-order valence-corrected chi connectivity index (χ2v) is 23.8. The fourth-order valence-electron chi connectivity index (χ4n) is 12.2. The van der Waals surface area contributed by atoms with E-state index in [1.807, 2.05) is 0 Å². The van der Waals surface area contributed by atoms with E-state index in [-0.39, 0.29) is 51.4 Å². The van der Waals surface area contributed by atoms with Crippen LogP contribution in [0.3, 0.4) is 0 Å². The molecule has 1 fully saturated rings. The Morgan fingerprint density at radius 1 is 0.478 bits per heavy atom. The van der Waals surface area contributed by atoms with Gasteiger partial charge in [0.1, 0.15) is 30.5 Å². The SMILES string of the molecule is CCCCCCCCCCCC[C@@H](OC(=O)[C@](OC)(c1ccccc1)C(F)(F)F)[C@@H]1CC[C@H]([C@@H](C[C@@H](CCCCCCCCC[C@@H](CCC2=C[C@H](C)OC2=O)OC(=O)[C@](OC)(c2ccccc2)C(F)(F)F)OC(=O)[C@](OC)(c2ccccc2)C(F)(F)F)OC(C)=O)O1. The molecular formula is C69H91F9O14. The molecule has 3 aromatic rings. The lowest BCUT2D eigenvalue weighted by atomic mass is 9.92. The van der Waals surface area contributed by atoms with Crippen LogP contribution in [0.15, 0.2) is 103 Å². The van der Waals surface area contributed by atoms with E-state index >= 15 is 26.3 Å². The second kappa shape index (κ2) is 36.6. The van der Waals surface area contributed by atoms with E-state index in [9.17, 15) is 37.1 Å². The van der Waals surface area contributed by atoms with Crippen molar-refractivity contribution >= 4 is 29.8 Å². The molecule has 0 saturated carbocycles. The molecule has 2 aliphatic rings. The molecule has 0 unspecified atom stereocenters. The lowest BCUT2D eigenvalue weighted by molar-refractivity contribution is -0.280. The number of hydrogen-bond donors (Lipinski definition) is 0. The molecule has 0 radical (unpaired) electrons. The summed E-state index contributed by atoms with van der Waals surface area (Å²) in [5.41, 5.74) is -11.8. The number of ether oxygens (including phenoxy) is 9. The molecule has 23 heteroatoms. The van der Waals surface area contributed by atoms with Gasteiger partial charge in [0.25, 0.3) is 16.8 Å². The molecule has 92 heavy (non-hydrogen) atoms. The highest BCUT2D eigenvalue weighted by molar-refractivity contribution is 5.91. The Balaban J connectivity index is 1.31. The maximum Gasteiger partial charge on any atom is 0.432 e. The average Bonchev–Trinajstić information content (AvgIpc) is 0.891. The van der Waals surface area contributed by atoms with Gasteiger partial charge in [0.2, 0.25) is 0 Å². The van der Waals surface area contributed by atoms with Gasteiger partial charge in [-0.05, 0) is 77.2 Å². The molecule has 3 aromatic carbocycles. The fourth-order valence-corrected chi connectivity index (χ4v) is 12.2. The van der Waals surface area contributed by atoms with Crippen molar-refractivity contribution in [1.82, 2.24) is 0 Å². The fraction of sp³-hybridized carbons (Fsp3) is 0.638. The zero-order chi connectivity index (χ0) is 67.6. The first-order valence-electron chi connectivity index (χ1n) is 32.2. The number of hydrogen-bond acceptors (Lipinski definition) is 14. The first kappa shape index (κ1) is 76.7. The van der Waals surface area contributed by atoms with Crippen LogP contribution in [0.5, 0.6) is 0 Å². The Kier molecular flexibility index (Phi) is 30.5. The number of rotatable bonds is 41. The van der Waals surface area contributed by atoms with E-state index in [0.717, 1.165) is 116 Å². The molecule has 2 heterocycles. The molecule has 10 atom stereocenters. The molecule has 0 aliphatic carbocycles. The third-order valence-corrected chi connectivity index (χ3v) is 17.2. The number of halogens is 9. The van der Waals surface area contributed by atoms with E-state index in [0.29, 0.717) is 56.9 Å². The summed E-state index contributed by atoms with van der Waals surface area (Å²) in [6.07, 6.45) is -8.93. The number of carbonyl (C=O) groups is 5. The van der Waals surface area contributed by atoms with Gasteiger partial charge in [-0.3, -0.25) is 4.79 Å². The minimum Gasteiger partial charge on any atom is -0.460 e. The van der Waals surface area contributed by atoms with Crippen molar-refractivity contribution in [3.05, 3.63) is 119 Å². The Labute approximate surface area is 534 Å². The van der Waals surface area contributed by atoms with Gasteiger partial charge in [-0.1, -0.05) is 188 Å². The third-order valence-electron chi connectivity index (χ3n) is 17.2. The second-order valence-electron chi connectivity index (χ2n) is 23.8. The Bertz CT molecular complexity index is 2750. The van der Waals surface area contributed by atoms with Gasteiger partial charge in [-0.2, -0.15) is 39.5 Å². The Morgan fingerprint density at radius 2 is 0.837 bits per heavy atom. The first-order valence-corrected chi connectivity index (χ1v) is 32.2. The van der Waals surface area contributed by atoms with Crippen LogP contribution in [0, 0.1) is 0 Å². The van der Waals surface area contributed by atoms with Crippen LogP contribution in [0.2, 0.25) is 0 Å². The van der Waals surface area contributed by atoms with E-state index in [1.54, 1.807) is 13.0 Å². The number of alkyl halides is 9. The van der Waals surface area contributed by atoms with E-state index < -0.39 is 131 Å². The van der Waals surface area contributed by atoms with Crippen LogP contribution < -0.4 is 0 Å². The van der Waals surface area contributed by atoms with Crippen LogP contribution in [-0.2, 0) is 83.4 Å². The molecule has 1 saturated heterocycles. The van der Waals surface area contributed by atoms with Crippen LogP contribution in [0.1, 0.15) is 198 Å². The van der Waals surface area contributed by atoms with Crippen molar-refractivity contribution in [3.63, 3.8) is 0 Å². The third kappa shape index (κ3) is 20.5. The molecule has 0 N–H and O–H groups in total. The number of unbranched alkanes of at least 4 members (excludes halogenated alkanes) is 15. The van der Waals surface area contributed by atoms with Crippen molar-refractivity contribution in [2.75, 3.05) is 21.3 Å². The molecule has 0 spiro atoms. The number of methoxy groups -OCH3 is 3. The summed E-state index contributed by atoms with van der Waals surface area (Å²) in [7, 11) is 2.25. The summed E-state index contributed by atoms with van der Waals surface area (Å²) in [6, 6.07) is 18.9. The van der Waals surface area contributed by atoms with Gasteiger partial charge in [-0.15, -0.1) is 0 Å². The van der Waals surface area contributed by atoms with Gasteiger partial charge < -0.3 is 42.6 Å². The summed E-state index contributed by atoms with van der Waals surface area (Å²) < 4.78 is 186. The van der Waals surface area contributed by atoms with Gasteiger partial charge in [0, 0.05) is 56.9 Å². The molecule has 0 amide bonds. The van der Waals surface area contributed by atoms with E-state index in [1.165, 1.54) is 54.6 Å². The summed E-state index contributed by atoms with van der Waals surface area (Å²) in [4.78, 5) is 67.4. The highest BCUT2D eigenvalue weighted by atomic mass is 19.4. The maximum atomic E-state index is 15.3. The van der Waals surface area contributed by atoms with Gasteiger partial charge in [-0.25, -0.2) is 19.2 Å². The van der Waals surface area contributed by atoms with Crippen LogP contribution >= 0.6 is 0 Å². The Hall–Kier alpha value is -6.04. The summed E-state index contributed by atoms with van der Waals surface area (Å²) in [6.45, 7) is 4.89. The highest BCUT2D eigenvalue weighted by Gasteiger charge is 2.67. The summed E-state index contributed by atoms with van der Waals surface area (Å²) in [5, 5.41) is 0. The lowest BCUT2D eigenvalue weighted by Gasteiger charge is -2.35. The minimum atomic E-state index is -5.35. The maximum absolute atomic E-state index is 15.3. The number of benzene rings is 3. The highest BCUT2D eigenvalue weighted by Crippen LogP contribution is 2.47. The molecular weight excluding hydrogens is 1220 g/mol. The molecule has 0 aromatic heterocycles. The van der Waals surface area contributed by atoms with Gasteiger partial charge in [0.15, 0.2) is 0 Å². The lowest BCUT2D eigenvalue weighted by Crippen LogP contribution is -2.53. The Morgan fingerprint density at radius 3 is 1.21 bits per heavy atom. The van der Waals surface area contributed by atoms with Crippen molar-refractivity contribution in [2.24, 2.45) is 0 Å². The largest absolute Gasteiger partial charge is 0.460 e. The van der Waals surface area contributed by atoms with E-state index in [4.69, 9.17) is 42.6 Å². The summed E-state index contributed by atoms with van der Waals surface area (Å²) >= 11 is 0. The van der Waals surface area contributed by atoms with Gasteiger partial charge >= 0.3 is 48.4 Å². The van der Waals surface area contributed by atoms with Crippen LogP contribution in [0.25, 0.3) is 0 Å².